The molecule has 1 aromatic heterocycles. The Kier molecular flexibility index (Phi) is 7.20. The Hall–Kier alpha value is -2.47. The number of hydrogen-bond donors (Lipinski definition) is 2. The van der Waals surface area contributed by atoms with Crippen LogP contribution in [0.3, 0.4) is 0 Å². The molecule has 29 heavy (non-hydrogen) atoms. The third kappa shape index (κ3) is 6.00. The Morgan fingerprint density at radius 2 is 1.90 bits per heavy atom. The van der Waals surface area contributed by atoms with Gasteiger partial charge in [-0.3, -0.25) is 9.78 Å². The Morgan fingerprint density at radius 3 is 2.59 bits per heavy atom. The number of anilines is 2. The van der Waals surface area contributed by atoms with E-state index in [-0.39, 0.29) is 5.91 Å². The summed E-state index contributed by atoms with van der Waals surface area (Å²) in [7, 11) is 0. The third-order valence-electron chi connectivity index (χ3n) is 4.00. The Bertz CT molecular complexity index is 1000. The predicted molar refractivity (Wildman–Crippen MR) is 118 cm³/mol. The molecule has 8 heteroatoms. The van der Waals surface area contributed by atoms with Gasteiger partial charge in [-0.2, -0.15) is 0 Å². The summed E-state index contributed by atoms with van der Waals surface area (Å²) in [6.45, 7) is 2.05. The van der Waals surface area contributed by atoms with Gasteiger partial charge in [0.25, 0.3) is 0 Å². The van der Waals surface area contributed by atoms with Gasteiger partial charge in [0.05, 0.1) is 21.4 Å². The van der Waals surface area contributed by atoms with Gasteiger partial charge < -0.3 is 15.4 Å². The Labute approximate surface area is 184 Å². The first-order valence-corrected chi connectivity index (χ1v) is 9.90. The zero-order valence-electron chi connectivity index (χ0n) is 15.5. The molecule has 150 valence electrons. The highest BCUT2D eigenvalue weighted by Crippen LogP contribution is 2.29. The summed E-state index contributed by atoms with van der Waals surface area (Å²) in [5.41, 5.74) is 1.98. The van der Waals surface area contributed by atoms with Crippen LogP contribution in [0.2, 0.25) is 15.1 Å². The van der Waals surface area contributed by atoms with E-state index in [1.54, 1.807) is 49.5 Å². The van der Waals surface area contributed by atoms with Crippen molar-refractivity contribution in [3.63, 3.8) is 0 Å². The third-order valence-corrected chi connectivity index (χ3v) is 4.84. The van der Waals surface area contributed by atoms with Crippen molar-refractivity contribution in [2.75, 3.05) is 10.6 Å². The van der Waals surface area contributed by atoms with Gasteiger partial charge in [0.1, 0.15) is 18.4 Å². The van der Waals surface area contributed by atoms with Crippen LogP contribution in [0.15, 0.2) is 60.8 Å². The maximum atomic E-state index is 12.4. The van der Waals surface area contributed by atoms with Gasteiger partial charge in [0.2, 0.25) is 5.91 Å². The topological polar surface area (TPSA) is 63.2 Å². The van der Waals surface area contributed by atoms with E-state index in [4.69, 9.17) is 39.5 Å². The fourth-order valence-electron chi connectivity index (χ4n) is 2.49. The van der Waals surface area contributed by atoms with Crippen LogP contribution >= 0.6 is 34.8 Å². The number of carbonyl (C=O) groups is 1. The minimum atomic E-state index is -0.530. The second-order valence-corrected chi connectivity index (χ2v) is 7.49. The lowest BCUT2D eigenvalue weighted by Crippen LogP contribution is -2.31. The molecule has 1 amide bonds. The number of pyridine rings is 1. The standard InChI is InChI=1S/C21H18Cl3N3O2/c1-13(21(28)27-19-7-5-14(22)10-17(19)23)26-15-6-8-20(18(24)11-15)29-12-16-4-2-3-9-25-16/h2-11,13,26H,12H2,1H3,(H,27,28). The number of amides is 1. The summed E-state index contributed by atoms with van der Waals surface area (Å²) < 4.78 is 5.71. The molecule has 2 aromatic carbocycles. The number of benzene rings is 2. The highest BCUT2D eigenvalue weighted by atomic mass is 35.5. The molecule has 1 heterocycles. The van der Waals surface area contributed by atoms with Crippen molar-refractivity contribution in [3.8, 4) is 5.75 Å². The monoisotopic (exact) mass is 449 g/mol. The second-order valence-electron chi connectivity index (χ2n) is 6.23. The van der Waals surface area contributed by atoms with Crippen LogP contribution in [0.1, 0.15) is 12.6 Å². The summed E-state index contributed by atoms with van der Waals surface area (Å²) in [5.74, 6) is 0.286. The molecule has 3 rings (SSSR count). The molecule has 0 saturated heterocycles. The van der Waals surface area contributed by atoms with E-state index in [9.17, 15) is 4.79 Å². The molecule has 0 aliphatic heterocycles. The molecular weight excluding hydrogens is 433 g/mol. The lowest BCUT2D eigenvalue weighted by atomic mass is 10.2. The van der Waals surface area contributed by atoms with E-state index in [1.807, 2.05) is 18.2 Å². The maximum absolute atomic E-state index is 12.4. The van der Waals surface area contributed by atoms with Crippen LogP contribution in [0, 0.1) is 0 Å². The smallest absolute Gasteiger partial charge is 0.246 e. The molecule has 0 saturated carbocycles. The Morgan fingerprint density at radius 1 is 1.07 bits per heavy atom. The molecule has 0 fully saturated rings. The van der Waals surface area contributed by atoms with E-state index in [0.717, 1.165) is 5.69 Å². The average Bonchev–Trinajstić information content (AvgIpc) is 2.70. The fourth-order valence-corrected chi connectivity index (χ4v) is 3.18. The van der Waals surface area contributed by atoms with Gasteiger partial charge in [-0.05, 0) is 55.5 Å². The number of carbonyl (C=O) groups excluding carboxylic acids is 1. The van der Waals surface area contributed by atoms with E-state index < -0.39 is 6.04 Å². The molecule has 5 nitrogen and oxygen atoms in total. The molecular formula is C21H18Cl3N3O2. The minimum absolute atomic E-state index is 0.249. The molecule has 0 spiro atoms. The molecule has 0 aliphatic carbocycles. The van der Waals surface area contributed by atoms with Crippen molar-refractivity contribution >= 4 is 52.1 Å². The van der Waals surface area contributed by atoms with Crippen LogP contribution in [0.25, 0.3) is 0 Å². The zero-order chi connectivity index (χ0) is 20.8. The normalized spacial score (nSPS) is 11.6. The van der Waals surface area contributed by atoms with Crippen molar-refractivity contribution < 1.29 is 9.53 Å². The Balaban J connectivity index is 1.59. The maximum Gasteiger partial charge on any atom is 0.246 e. The number of halogens is 3. The highest BCUT2D eigenvalue weighted by molar-refractivity contribution is 6.36. The second kappa shape index (κ2) is 9.83. The fraction of sp³-hybridized carbons (Fsp3) is 0.143. The number of nitrogens with one attached hydrogen (secondary N) is 2. The SMILES string of the molecule is CC(Nc1ccc(OCc2ccccn2)c(Cl)c1)C(=O)Nc1ccc(Cl)cc1Cl. The molecule has 0 radical (unpaired) electrons. The van der Waals surface area contributed by atoms with Crippen molar-refractivity contribution in [1.29, 1.82) is 0 Å². The predicted octanol–water partition coefficient (Wildman–Crippen LogP) is 6.06. The summed E-state index contributed by atoms with van der Waals surface area (Å²) in [6.07, 6.45) is 1.71. The summed E-state index contributed by atoms with van der Waals surface area (Å²) in [4.78, 5) is 16.6. The van der Waals surface area contributed by atoms with Crippen molar-refractivity contribution in [1.82, 2.24) is 4.98 Å². The van der Waals surface area contributed by atoms with Crippen LogP contribution in [0.5, 0.6) is 5.75 Å². The van der Waals surface area contributed by atoms with E-state index in [2.05, 4.69) is 15.6 Å². The first kappa shape index (κ1) is 21.2. The molecule has 0 aliphatic rings. The zero-order valence-corrected chi connectivity index (χ0v) is 17.7. The van der Waals surface area contributed by atoms with Crippen molar-refractivity contribution in [2.45, 2.75) is 19.6 Å². The lowest BCUT2D eigenvalue weighted by Gasteiger charge is -2.17. The number of aromatic nitrogens is 1. The van der Waals surface area contributed by atoms with E-state index in [0.29, 0.717) is 38.8 Å². The first-order valence-electron chi connectivity index (χ1n) is 8.77. The summed E-state index contributed by atoms with van der Waals surface area (Å²) >= 11 is 18.3. The van der Waals surface area contributed by atoms with Crippen LogP contribution in [-0.2, 0) is 11.4 Å². The number of hydrogen-bond acceptors (Lipinski definition) is 4. The van der Waals surface area contributed by atoms with Gasteiger partial charge in [-0.25, -0.2) is 0 Å². The number of nitrogens with zero attached hydrogens (tertiary/aromatic N) is 1. The number of ether oxygens (including phenoxy) is 1. The molecule has 1 atom stereocenters. The molecule has 3 aromatic rings. The van der Waals surface area contributed by atoms with Crippen molar-refractivity contribution in [3.05, 3.63) is 81.6 Å². The molecule has 1 unspecified atom stereocenters. The lowest BCUT2D eigenvalue weighted by molar-refractivity contribution is -0.116. The van der Waals surface area contributed by atoms with Crippen LogP contribution in [0.4, 0.5) is 11.4 Å². The van der Waals surface area contributed by atoms with Crippen LogP contribution < -0.4 is 15.4 Å². The summed E-state index contributed by atoms with van der Waals surface area (Å²) in [5, 5.41) is 7.17. The quantitative estimate of drug-likeness (QED) is 0.459. The van der Waals surface area contributed by atoms with Gasteiger partial charge in [0.15, 0.2) is 0 Å². The van der Waals surface area contributed by atoms with Gasteiger partial charge >= 0.3 is 0 Å². The van der Waals surface area contributed by atoms with E-state index >= 15 is 0 Å². The number of rotatable bonds is 7. The van der Waals surface area contributed by atoms with Gasteiger partial charge in [0, 0.05) is 16.9 Å². The molecule has 0 bridgehead atoms. The minimum Gasteiger partial charge on any atom is -0.486 e. The summed E-state index contributed by atoms with van der Waals surface area (Å²) in [6, 6.07) is 15.2. The van der Waals surface area contributed by atoms with Gasteiger partial charge in [-0.1, -0.05) is 40.9 Å². The van der Waals surface area contributed by atoms with Crippen LogP contribution in [-0.4, -0.2) is 16.9 Å². The average molecular weight is 451 g/mol. The molecule has 2 N–H and O–H groups in total. The largest absolute Gasteiger partial charge is 0.486 e. The van der Waals surface area contributed by atoms with E-state index in [1.165, 1.54) is 0 Å². The van der Waals surface area contributed by atoms with Crippen molar-refractivity contribution in [2.24, 2.45) is 0 Å². The first-order chi connectivity index (χ1) is 13.9. The highest BCUT2D eigenvalue weighted by Gasteiger charge is 2.15. The van der Waals surface area contributed by atoms with Gasteiger partial charge in [-0.15, -0.1) is 0 Å².